The Bertz CT molecular complexity index is 1440. The van der Waals surface area contributed by atoms with Gasteiger partial charge in [-0.1, -0.05) is 12.0 Å². The number of hydrogen-bond donors (Lipinski definition) is 1. The van der Waals surface area contributed by atoms with Crippen LogP contribution in [0.3, 0.4) is 0 Å². The maximum Gasteiger partial charge on any atom is 0.322 e. The number of carbonyl (C=O) groups is 1. The average Bonchev–Trinajstić information content (AvgIpc) is 3.32. The van der Waals surface area contributed by atoms with Crippen LogP contribution in [0.1, 0.15) is 31.1 Å². The van der Waals surface area contributed by atoms with Gasteiger partial charge in [0.2, 0.25) is 15.9 Å². The van der Waals surface area contributed by atoms with Gasteiger partial charge in [0.05, 0.1) is 27.8 Å². The summed E-state index contributed by atoms with van der Waals surface area (Å²) in [5.41, 5.74) is 0.686. The van der Waals surface area contributed by atoms with Crippen LogP contribution in [0.5, 0.6) is 0 Å². The molecule has 1 saturated heterocycles. The number of morpholine rings is 1. The summed E-state index contributed by atoms with van der Waals surface area (Å²) in [7, 11) is -7.06. The number of nitrogens with one attached hydrogen (secondary N) is 1. The van der Waals surface area contributed by atoms with Gasteiger partial charge in [0.1, 0.15) is 0 Å². The molecule has 1 N–H and O–H groups in total. The summed E-state index contributed by atoms with van der Waals surface area (Å²) in [5.74, 6) is -0.477. The van der Waals surface area contributed by atoms with E-state index in [0.717, 1.165) is 0 Å². The first-order valence-corrected chi connectivity index (χ1v) is 14.3. The van der Waals surface area contributed by atoms with Gasteiger partial charge in [-0.15, -0.1) is 5.10 Å². The third-order valence-corrected chi connectivity index (χ3v) is 9.22. The topological polar surface area (TPSA) is 149 Å². The van der Waals surface area contributed by atoms with Crippen molar-refractivity contribution >= 4 is 31.8 Å². The molecule has 13 heteroatoms. The first-order valence-electron chi connectivity index (χ1n) is 11.2. The van der Waals surface area contributed by atoms with Crippen molar-refractivity contribution in [2.45, 2.75) is 42.8 Å². The molecule has 1 aliphatic rings. The molecule has 2 atom stereocenters. The molecule has 11 nitrogen and oxygen atoms in total. The highest BCUT2D eigenvalue weighted by Gasteiger charge is 2.32. The molecular formula is C23H26N4O7S2. The van der Waals surface area contributed by atoms with Gasteiger partial charge in [-0.3, -0.25) is 10.1 Å². The van der Waals surface area contributed by atoms with Crippen molar-refractivity contribution in [2.24, 2.45) is 0 Å². The summed E-state index contributed by atoms with van der Waals surface area (Å²) in [5, 5.41) is 10.2. The molecule has 36 heavy (non-hydrogen) atoms. The van der Waals surface area contributed by atoms with Gasteiger partial charge in [0, 0.05) is 24.2 Å². The molecule has 192 valence electrons. The first kappa shape index (κ1) is 25.9. The molecule has 0 radical (unpaired) electrons. The molecule has 2 aromatic carbocycles. The fourth-order valence-electron chi connectivity index (χ4n) is 3.79. The number of sulfone groups is 1. The van der Waals surface area contributed by atoms with E-state index in [1.165, 1.54) is 52.8 Å². The van der Waals surface area contributed by atoms with E-state index in [9.17, 15) is 21.6 Å². The molecule has 2 heterocycles. The lowest BCUT2D eigenvalue weighted by atomic mass is 10.2. The van der Waals surface area contributed by atoms with Crippen LogP contribution in [0.25, 0.3) is 11.5 Å². The molecule has 0 saturated carbocycles. The number of hydrogen-bond acceptors (Lipinski definition) is 9. The normalized spacial score (nSPS) is 19.2. The Morgan fingerprint density at radius 1 is 0.944 bits per heavy atom. The number of ether oxygens (including phenoxy) is 1. The first-order chi connectivity index (χ1) is 17.0. The largest absolute Gasteiger partial charge is 0.403 e. The maximum atomic E-state index is 13.0. The van der Waals surface area contributed by atoms with Gasteiger partial charge in [0.25, 0.3) is 5.91 Å². The molecular weight excluding hydrogens is 508 g/mol. The van der Waals surface area contributed by atoms with Gasteiger partial charge in [0.15, 0.2) is 9.84 Å². The average molecular weight is 535 g/mol. The fourth-order valence-corrected chi connectivity index (χ4v) is 6.26. The standard InChI is InChI=1S/C23H26N4O7S2/c1-4-35(29,30)19-9-7-18(8-10-19)22-25-26-23(34-22)24-21(28)17-5-11-20(12-6-17)36(31,32)27-13-15(2)33-16(3)14-27/h5-12,15-16H,4,13-14H2,1-3H3,(H,24,26,28). The molecule has 4 rings (SSSR count). The van der Waals surface area contributed by atoms with E-state index >= 15 is 0 Å². The van der Waals surface area contributed by atoms with Crippen LogP contribution in [0.2, 0.25) is 0 Å². The molecule has 3 aromatic rings. The Balaban J connectivity index is 1.44. The zero-order valence-electron chi connectivity index (χ0n) is 19.9. The van der Waals surface area contributed by atoms with Crippen molar-refractivity contribution in [3.05, 3.63) is 54.1 Å². The minimum Gasteiger partial charge on any atom is -0.403 e. The number of carbonyl (C=O) groups excluding carboxylic acids is 1. The van der Waals surface area contributed by atoms with Crippen LogP contribution in [0.4, 0.5) is 6.01 Å². The quantitative estimate of drug-likeness (QED) is 0.483. The summed E-state index contributed by atoms with van der Waals surface area (Å²) in [6, 6.07) is 11.4. The lowest BCUT2D eigenvalue weighted by Gasteiger charge is -2.34. The summed E-state index contributed by atoms with van der Waals surface area (Å²) in [4.78, 5) is 12.9. The zero-order chi connectivity index (χ0) is 26.1. The number of benzene rings is 2. The molecule has 1 aromatic heterocycles. The Morgan fingerprint density at radius 2 is 1.53 bits per heavy atom. The molecule has 1 aliphatic heterocycles. The van der Waals surface area contributed by atoms with Crippen LogP contribution in [0, 0.1) is 0 Å². The minimum atomic E-state index is -3.73. The number of nitrogens with zero attached hydrogens (tertiary/aromatic N) is 3. The van der Waals surface area contributed by atoms with Crippen molar-refractivity contribution in [3.8, 4) is 11.5 Å². The van der Waals surface area contributed by atoms with Crippen molar-refractivity contribution in [1.29, 1.82) is 0 Å². The Kier molecular flexibility index (Phi) is 7.27. The monoisotopic (exact) mass is 534 g/mol. The highest BCUT2D eigenvalue weighted by atomic mass is 32.2. The highest BCUT2D eigenvalue weighted by molar-refractivity contribution is 7.91. The molecule has 0 bridgehead atoms. The smallest absolute Gasteiger partial charge is 0.322 e. The highest BCUT2D eigenvalue weighted by Crippen LogP contribution is 2.24. The van der Waals surface area contributed by atoms with Crippen molar-refractivity contribution in [2.75, 3.05) is 24.2 Å². The zero-order valence-corrected chi connectivity index (χ0v) is 21.5. The molecule has 1 amide bonds. The van der Waals surface area contributed by atoms with E-state index < -0.39 is 25.8 Å². The number of aromatic nitrogens is 2. The van der Waals surface area contributed by atoms with Gasteiger partial charge in [-0.05, 0) is 62.4 Å². The van der Waals surface area contributed by atoms with Crippen molar-refractivity contribution in [1.82, 2.24) is 14.5 Å². The lowest BCUT2D eigenvalue weighted by molar-refractivity contribution is -0.0440. The van der Waals surface area contributed by atoms with E-state index in [4.69, 9.17) is 9.15 Å². The van der Waals surface area contributed by atoms with Crippen LogP contribution < -0.4 is 5.32 Å². The fraction of sp³-hybridized carbons (Fsp3) is 0.348. The lowest BCUT2D eigenvalue weighted by Crippen LogP contribution is -2.48. The van der Waals surface area contributed by atoms with Crippen LogP contribution >= 0.6 is 0 Å². The van der Waals surface area contributed by atoms with E-state index in [-0.39, 0.29) is 58.3 Å². The Morgan fingerprint density at radius 3 is 2.11 bits per heavy atom. The third kappa shape index (κ3) is 5.48. The second kappa shape index (κ2) is 10.1. The molecule has 0 aliphatic carbocycles. The summed E-state index contributed by atoms with van der Waals surface area (Å²) in [6.45, 7) is 5.71. The van der Waals surface area contributed by atoms with Crippen LogP contribution in [-0.2, 0) is 24.6 Å². The van der Waals surface area contributed by atoms with Gasteiger partial charge in [-0.2, -0.15) is 4.31 Å². The molecule has 2 unspecified atom stereocenters. The maximum absolute atomic E-state index is 13.0. The third-order valence-electron chi connectivity index (χ3n) is 5.63. The van der Waals surface area contributed by atoms with Gasteiger partial charge >= 0.3 is 6.01 Å². The van der Waals surface area contributed by atoms with Gasteiger partial charge in [-0.25, -0.2) is 16.8 Å². The predicted molar refractivity (Wildman–Crippen MR) is 131 cm³/mol. The predicted octanol–water partition coefficient (Wildman–Crippen LogP) is 2.58. The number of rotatable bonds is 7. The number of amides is 1. The molecule has 1 fully saturated rings. The number of anilines is 1. The van der Waals surface area contributed by atoms with Crippen LogP contribution in [0.15, 0.2) is 62.7 Å². The second-order valence-corrected chi connectivity index (χ2v) is 12.6. The second-order valence-electron chi connectivity index (χ2n) is 8.40. The minimum absolute atomic E-state index is 0.0123. The Hall–Kier alpha value is -3.13. The summed E-state index contributed by atoms with van der Waals surface area (Å²) >= 11 is 0. The van der Waals surface area contributed by atoms with E-state index in [1.54, 1.807) is 6.92 Å². The van der Waals surface area contributed by atoms with Crippen LogP contribution in [-0.4, -0.2) is 68.3 Å². The van der Waals surface area contributed by atoms with Crippen molar-refractivity contribution < 1.29 is 30.8 Å². The number of sulfonamides is 1. The van der Waals surface area contributed by atoms with E-state index in [2.05, 4.69) is 15.5 Å². The van der Waals surface area contributed by atoms with Crippen molar-refractivity contribution in [3.63, 3.8) is 0 Å². The van der Waals surface area contributed by atoms with E-state index in [1.807, 2.05) is 13.8 Å². The summed E-state index contributed by atoms with van der Waals surface area (Å²) in [6.07, 6.45) is -0.426. The SMILES string of the molecule is CCS(=O)(=O)c1ccc(-c2nnc(NC(=O)c3ccc(S(=O)(=O)N4CC(C)OC(C)C4)cc3)o2)cc1. The summed E-state index contributed by atoms with van der Waals surface area (Å²) < 4.78 is 62.3. The van der Waals surface area contributed by atoms with E-state index in [0.29, 0.717) is 5.56 Å². The molecule has 0 spiro atoms. The van der Waals surface area contributed by atoms with Gasteiger partial charge < -0.3 is 9.15 Å². The Labute approximate surface area is 209 Å².